The van der Waals surface area contributed by atoms with Crippen molar-refractivity contribution in [3.8, 4) is 23.0 Å². The number of methoxy groups -OCH3 is 1. The molecule has 0 unspecified atom stereocenters. The molecule has 0 amide bonds. The number of carbonyl (C=O) groups is 2. The van der Waals surface area contributed by atoms with Gasteiger partial charge in [-0.05, 0) is 66.2 Å². The van der Waals surface area contributed by atoms with Crippen molar-refractivity contribution < 1.29 is 33.5 Å². The molecule has 9 heteroatoms. The largest absolute Gasteiger partial charge is 0.493 e. The molecular weight excluding hydrogens is 490 g/mol. The van der Waals surface area contributed by atoms with Crippen LogP contribution in [-0.2, 0) is 11.3 Å². The summed E-state index contributed by atoms with van der Waals surface area (Å²) in [7, 11) is 1.57. The number of hydrogen-bond donors (Lipinski definition) is 0. The number of esters is 1. The fraction of sp³-hybridized carbons (Fsp3) is 0.103. The molecule has 0 aliphatic heterocycles. The van der Waals surface area contributed by atoms with Gasteiger partial charge in [-0.3, -0.25) is 14.9 Å². The molecule has 0 aliphatic rings. The van der Waals surface area contributed by atoms with E-state index in [9.17, 15) is 19.7 Å². The summed E-state index contributed by atoms with van der Waals surface area (Å²) in [6, 6.07) is 25.9. The predicted octanol–water partition coefficient (Wildman–Crippen LogP) is 6.01. The Morgan fingerprint density at radius 1 is 0.763 bits per heavy atom. The maximum absolute atomic E-state index is 12.5. The Labute approximate surface area is 218 Å². The van der Waals surface area contributed by atoms with Crippen LogP contribution in [0.4, 0.5) is 5.69 Å². The molecule has 0 aromatic heterocycles. The van der Waals surface area contributed by atoms with E-state index in [0.29, 0.717) is 34.1 Å². The van der Waals surface area contributed by atoms with Crippen LogP contribution in [0.25, 0.3) is 0 Å². The first-order valence-electron chi connectivity index (χ1n) is 11.5. The number of non-ortho nitro benzene ring substituents is 1. The molecule has 0 bridgehead atoms. The van der Waals surface area contributed by atoms with Crippen molar-refractivity contribution >= 4 is 17.4 Å². The highest BCUT2D eigenvalue weighted by molar-refractivity contribution is 5.99. The highest BCUT2D eigenvalue weighted by Gasteiger charge is 2.13. The van der Waals surface area contributed by atoms with Gasteiger partial charge in [0.05, 0.1) is 17.6 Å². The number of rotatable bonds is 11. The molecule has 0 aliphatic carbocycles. The lowest BCUT2D eigenvalue weighted by molar-refractivity contribution is -0.384. The number of benzene rings is 4. The van der Waals surface area contributed by atoms with Crippen molar-refractivity contribution in [3.05, 3.63) is 124 Å². The minimum Gasteiger partial charge on any atom is -0.493 e. The number of para-hydroxylation sites is 2. The second-order valence-electron chi connectivity index (χ2n) is 8.01. The van der Waals surface area contributed by atoms with Crippen LogP contribution in [0.5, 0.6) is 23.0 Å². The Kier molecular flexibility index (Phi) is 8.30. The summed E-state index contributed by atoms with van der Waals surface area (Å²) in [5.74, 6) is 1.12. The molecule has 0 spiro atoms. The van der Waals surface area contributed by atoms with Crippen LogP contribution in [0, 0.1) is 10.1 Å². The fourth-order valence-corrected chi connectivity index (χ4v) is 3.41. The Bertz CT molecular complexity index is 1410. The molecule has 0 saturated carbocycles. The molecule has 192 valence electrons. The molecule has 4 aromatic rings. The van der Waals surface area contributed by atoms with Crippen molar-refractivity contribution in [1.29, 1.82) is 0 Å². The van der Waals surface area contributed by atoms with Crippen LogP contribution in [0.2, 0.25) is 0 Å². The van der Waals surface area contributed by atoms with Crippen molar-refractivity contribution in [3.63, 3.8) is 0 Å². The minimum atomic E-state index is -0.617. The van der Waals surface area contributed by atoms with Gasteiger partial charge in [-0.15, -0.1) is 0 Å². The van der Waals surface area contributed by atoms with Gasteiger partial charge in [0, 0.05) is 17.7 Å². The zero-order valence-electron chi connectivity index (χ0n) is 20.4. The predicted molar refractivity (Wildman–Crippen MR) is 138 cm³/mol. The molecule has 0 radical (unpaired) electrons. The quantitative estimate of drug-likeness (QED) is 0.104. The molecule has 0 fully saturated rings. The van der Waals surface area contributed by atoms with E-state index in [2.05, 4.69) is 0 Å². The third kappa shape index (κ3) is 6.73. The third-order valence-electron chi connectivity index (χ3n) is 5.45. The van der Waals surface area contributed by atoms with E-state index in [1.807, 2.05) is 12.1 Å². The monoisotopic (exact) mass is 513 g/mol. The summed E-state index contributed by atoms with van der Waals surface area (Å²) >= 11 is 0. The number of ether oxygens (including phenoxy) is 4. The number of hydrogen-bond acceptors (Lipinski definition) is 8. The summed E-state index contributed by atoms with van der Waals surface area (Å²) in [5, 5.41) is 10.7. The van der Waals surface area contributed by atoms with E-state index in [1.54, 1.807) is 67.8 Å². The van der Waals surface area contributed by atoms with Gasteiger partial charge in [0.25, 0.3) is 5.69 Å². The van der Waals surface area contributed by atoms with E-state index < -0.39 is 17.5 Å². The van der Waals surface area contributed by atoms with E-state index in [0.717, 1.165) is 5.56 Å². The average Bonchev–Trinajstić information content (AvgIpc) is 2.95. The number of carbonyl (C=O) groups excluding carboxylic acids is 2. The first kappa shape index (κ1) is 25.9. The lowest BCUT2D eigenvalue weighted by Gasteiger charge is -2.10. The summed E-state index contributed by atoms with van der Waals surface area (Å²) in [5.41, 5.74) is 1.46. The fourth-order valence-electron chi connectivity index (χ4n) is 3.41. The Balaban J connectivity index is 1.26. The zero-order valence-corrected chi connectivity index (χ0v) is 20.4. The number of ketones is 1. The van der Waals surface area contributed by atoms with Crippen LogP contribution in [0.3, 0.4) is 0 Å². The number of nitrogens with zero attached hydrogens (tertiary/aromatic N) is 1. The molecule has 4 rings (SSSR count). The first-order valence-corrected chi connectivity index (χ1v) is 11.5. The SMILES string of the molecule is COc1ccccc1OCc1ccc(C(=O)OCC(=O)c2ccc(Oc3ccc([N+](=O)[O-])cc3)cc2)cc1. The molecule has 4 aromatic carbocycles. The van der Waals surface area contributed by atoms with Crippen LogP contribution >= 0.6 is 0 Å². The summed E-state index contributed by atoms with van der Waals surface area (Å²) in [6.07, 6.45) is 0. The van der Waals surface area contributed by atoms with Crippen molar-refractivity contribution in [2.75, 3.05) is 13.7 Å². The van der Waals surface area contributed by atoms with Gasteiger partial charge in [0.15, 0.2) is 23.9 Å². The molecule has 0 N–H and O–H groups in total. The average molecular weight is 514 g/mol. The Morgan fingerprint density at radius 3 is 1.95 bits per heavy atom. The molecular formula is C29H23NO8. The van der Waals surface area contributed by atoms with Gasteiger partial charge in [0.1, 0.15) is 18.1 Å². The van der Waals surface area contributed by atoms with Crippen molar-refractivity contribution in [1.82, 2.24) is 0 Å². The molecule has 0 atom stereocenters. The van der Waals surface area contributed by atoms with E-state index in [1.165, 1.54) is 24.3 Å². The Hall–Kier alpha value is -5.18. The van der Waals surface area contributed by atoms with E-state index in [4.69, 9.17) is 18.9 Å². The van der Waals surface area contributed by atoms with Gasteiger partial charge < -0.3 is 18.9 Å². The van der Waals surface area contributed by atoms with Gasteiger partial charge in [-0.2, -0.15) is 0 Å². The lowest BCUT2D eigenvalue weighted by Crippen LogP contribution is -2.14. The topological polar surface area (TPSA) is 114 Å². The lowest BCUT2D eigenvalue weighted by atomic mass is 10.1. The second kappa shape index (κ2) is 12.2. The second-order valence-corrected chi connectivity index (χ2v) is 8.01. The smallest absolute Gasteiger partial charge is 0.338 e. The maximum Gasteiger partial charge on any atom is 0.338 e. The normalized spacial score (nSPS) is 10.3. The van der Waals surface area contributed by atoms with Crippen LogP contribution < -0.4 is 14.2 Å². The van der Waals surface area contributed by atoms with Gasteiger partial charge in [-0.1, -0.05) is 24.3 Å². The standard InChI is InChI=1S/C29H23NO8/c1-35-27-4-2-3-5-28(27)36-18-20-6-8-22(9-7-20)29(32)37-19-26(31)21-10-14-24(15-11-21)38-25-16-12-23(13-17-25)30(33)34/h2-17H,18-19H2,1H3. The van der Waals surface area contributed by atoms with E-state index in [-0.39, 0.29) is 18.1 Å². The minimum absolute atomic E-state index is 0.0399. The molecule has 0 heterocycles. The summed E-state index contributed by atoms with van der Waals surface area (Å²) in [6.45, 7) is -0.127. The Morgan fingerprint density at radius 2 is 1.34 bits per heavy atom. The van der Waals surface area contributed by atoms with Crippen LogP contribution in [0.15, 0.2) is 97.1 Å². The van der Waals surface area contributed by atoms with Crippen molar-refractivity contribution in [2.45, 2.75) is 6.61 Å². The zero-order chi connectivity index (χ0) is 26.9. The molecule has 0 saturated heterocycles. The highest BCUT2D eigenvalue weighted by Crippen LogP contribution is 2.27. The molecule has 38 heavy (non-hydrogen) atoms. The van der Waals surface area contributed by atoms with Gasteiger partial charge >= 0.3 is 5.97 Å². The van der Waals surface area contributed by atoms with Gasteiger partial charge in [-0.25, -0.2) is 4.79 Å². The molecule has 9 nitrogen and oxygen atoms in total. The summed E-state index contributed by atoms with van der Waals surface area (Å²) < 4.78 is 21.9. The first-order chi connectivity index (χ1) is 18.4. The van der Waals surface area contributed by atoms with Crippen LogP contribution in [-0.4, -0.2) is 30.4 Å². The van der Waals surface area contributed by atoms with E-state index >= 15 is 0 Å². The highest BCUT2D eigenvalue weighted by atomic mass is 16.6. The number of nitro groups is 1. The van der Waals surface area contributed by atoms with Crippen molar-refractivity contribution in [2.24, 2.45) is 0 Å². The maximum atomic E-state index is 12.5. The number of nitro benzene ring substituents is 1. The van der Waals surface area contributed by atoms with Crippen LogP contribution in [0.1, 0.15) is 26.3 Å². The third-order valence-corrected chi connectivity index (χ3v) is 5.45. The number of Topliss-reactive ketones (excluding diaryl/α,β-unsaturated/α-hetero) is 1. The summed E-state index contributed by atoms with van der Waals surface area (Å²) in [4.78, 5) is 35.1. The van der Waals surface area contributed by atoms with Gasteiger partial charge in [0.2, 0.25) is 0 Å².